The number of hydrogen-bond donors (Lipinski definition) is 2. The topological polar surface area (TPSA) is 91.0 Å². The number of urea groups is 1. The van der Waals surface area contributed by atoms with Crippen molar-refractivity contribution >= 4 is 18.0 Å². The SMILES string of the molecule is CC(=O)N1CCCN(C(=O)NCCNC(=O)OC(C)(C)C)CC1. The molecular formula is C15H28N4O4. The molecule has 1 rings (SSSR count). The molecule has 0 aromatic heterocycles. The molecule has 0 saturated carbocycles. The first-order chi connectivity index (χ1) is 10.7. The Hall–Kier alpha value is -1.99. The second kappa shape index (κ2) is 8.59. The molecule has 0 spiro atoms. The summed E-state index contributed by atoms with van der Waals surface area (Å²) in [7, 11) is 0. The van der Waals surface area contributed by atoms with E-state index in [1.54, 1.807) is 30.6 Å². The van der Waals surface area contributed by atoms with Gasteiger partial charge in [0, 0.05) is 46.2 Å². The van der Waals surface area contributed by atoms with E-state index in [1.165, 1.54) is 6.92 Å². The van der Waals surface area contributed by atoms with Crippen molar-refractivity contribution in [1.29, 1.82) is 0 Å². The van der Waals surface area contributed by atoms with Crippen molar-refractivity contribution in [3.8, 4) is 0 Å². The molecule has 0 aliphatic carbocycles. The second-order valence-electron chi connectivity index (χ2n) is 6.51. The Kier molecular flexibility index (Phi) is 7.12. The lowest BCUT2D eigenvalue weighted by Crippen LogP contribution is -2.45. The van der Waals surface area contributed by atoms with Gasteiger partial charge in [-0.25, -0.2) is 9.59 Å². The van der Waals surface area contributed by atoms with E-state index in [0.29, 0.717) is 39.3 Å². The summed E-state index contributed by atoms with van der Waals surface area (Å²) in [5.41, 5.74) is -0.540. The Morgan fingerprint density at radius 3 is 2.13 bits per heavy atom. The van der Waals surface area contributed by atoms with Gasteiger partial charge in [-0.2, -0.15) is 0 Å². The van der Waals surface area contributed by atoms with Crippen molar-refractivity contribution in [1.82, 2.24) is 20.4 Å². The van der Waals surface area contributed by atoms with E-state index in [0.717, 1.165) is 6.42 Å². The van der Waals surface area contributed by atoms with E-state index in [-0.39, 0.29) is 11.9 Å². The highest BCUT2D eigenvalue weighted by Crippen LogP contribution is 2.06. The number of alkyl carbamates (subject to hydrolysis) is 1. The van der Waals surface area contributed by atoms with Gasteiger partial charge in [-0.3, -0.25) is 4.79 Å². The summed E-state index contributed by atoms with van der Waals surface area (Å²) in [5, 5.41) is 5.34. The van der Waals surface area contributed by atoms with Crippen molar-refractivity contribution in [2.45, 2.75) is 39.7 Å². The molecule has 0 radical (unpaired) electrons. The van der Waals surface area contributed by atoms with Crippen LogP contribution in [-0.2, 0) is 9.53 Å². The molecule has 1 aliphatic heterocycles. The van der Waals surface area contributed by atoms with Gasteiger partial charge in [-0.1, -0.05) is 0 Å². The van der Waals surface area contributed by atoms with Gasteiger partial charge in [0.1, 0.15) is 5.60 Å². The third-order valence-corrected chi connectivity index (χ3v) is 3.30. The standard InChI is InChI=1S/C15H28N4O4/c1-12(20)18-8-5-9-19(11-10-18)13(21)16-6-7-17-14(22)23-15(2,3)4/h5-11H2,1-4H3,(H,16,21)(H,17,22). The predicted octanol–water partition coefficient (Wildman–Crippen LogP) is 0.775. The predicted molar refractivity (Wildman–Crippen MR) is 86.1 cm³/mol. The van der Waals surface area contributed by atoms with E-state index in [9.17, 15) is 14.4 Å². The summed E-state index contributed by atoms with van der Waals surface area (Å²) >= 11 is 0. The number of ether oxygens (including phenoxy) is 1. The van der Waals surface area contributed by atoms with Gasteiger partial charge >= 0.3 is 12.1 Å². The zero-order chi connectivity index (χ0) is 17.5. The molecule has 1 aliphatic rings. The van der Waals surface area contributed by atoms with Gasteiger partial charge in [-0.05, 0) is 27.2 Å². The molecule has 8 heteroatoms. The molecule has 8 nitrogen and oxygen atoms in total. The van der Waals surface area contributed by atoms with Gasteiger partial charge < -0.3 is 25.2 Å². The van der Waals surface area contributed by atoms with Crippen molar-refractivity contribution in [3.63, 3.8) is 0 Å². The summed E-state index contributed by atoms with van der Waals surface area (Å²) in [6, 6.07) is -0.179. The lowest BCUT2D eigenvalue weighted by Gasteiger charge is -2.22. The number of hydrogen-bond acceptors (Lipinski definition) is 4. The first kappa shape index (κ1) is 19.1. The minimum atomic E-state index is -0.540. The van der Waals surface area contributed by atoms with E-state index in [2.05, 4.69) is 10.6 Å². The van der Waals surface area contributed by atoms with Gasteiger partial charge in [0.2, 0.25) is 5.91 Å². The summed E-state index contributed by atoms with van der Waals surface area (Å²) in [5.74, 6) is 0.0359. The van der Waals surface area contributed by atoms with Crippen LogP contribution in [0.5, 0.6) is 0 Å². The molecule has 0 aromatic rings. The molecule has 0 bridgehead atoms. The molecule has 2 N–H and O–H groups in total. The quantitative estimate of drug-likeness (QED) is 0.749. The van der Waals surface area contributed by atoms with Crippen molar-refractivity contribution < 1.29 is 19.1 Å². The Labute approximate surface area is 137 Å². The third kappa shape index (κ3) is 7.71. The molecule has 1 heterocycles. The maximum atomic E-state index is 12.1. The normalized spacial score (nSPS) is 15.7. The van der Waals surface area contributed by atoms with E-state index < -0.39 is 11.7 Å². The Bertz CT molecular complexity index is 434. The van der Waals surface area contributed by atoms with Gasteiger partial charge in [-0.15, -0.1) is 0 Å². The van der Waals surface area contributed by atoms with Crippen molar-refractivity contribution in [3.05, 3.63) is 0 Å². The van der Waals surface area contributed by atoms with Crippen LogP contribution in [0.2, 0.25) is 0 Å². The van der Waals surface area contributed by atoms with Crippen molar-refractivity contribution in [2.75, 3.05) is 39.3 Å². The molecule has 1 saturated heterocycles. The highest BCUT2D eigenvalue weighted by molar-refractivity contribution is 5.75. The average Bonchev–Trinajstić information content (AvgIpc) is 2.67. The van der Waals surface area contributed by atoms with Crippen LogP contribution in [0.1, 0.15) is 34.1 Å². The van der Waals surface area contributed by atoms with Crippen LogP contribution in [0, 0.1) is 0 Å². The highest BCUT2D eigenvalue weighted by Gasteiger charge is 2.20. The van der Waals surface area contributed by atoms with Crippen LogP contribution in [0.4, 0.5) is 9.59 Å². The number of carbonyl (C=O) groups is 3. The minimum Gasteiger partial charge on any atom is -0.444 e. The zero-order valence-electron chi connectivity index (χ0n) is 14.5. The lowest BCUT2D eigenvalue weighted by molar-refractivity contribution is -0.128. The van der Waals surface area contributed by atoms with Crippen LogP contribution < -0.4 is 10.6 Å². The summed E-state index contributed by atoms with van der Waals surface area (Å²) < 4.78 is 5.10. The molecule has 0 unspecified atom stereocenters. The van der Waals surface area contributed by atoms with Crippen LogP contribution in [0.3, 0.4) is 0 Å². The average molecular weight is 328 g/mol. The second-order valence-corrected chi connectivity index (χ2v) is 6.51. The molecule has 1 fully saturated rings. The zero-order valence-corrected chi connectivity index (χ0v) is 14.5. The molecule has 0 aromatic carbocycles. The number of carbonyl (C=O) groups excluding carboxylic acids is 3. The summed E-state index contributed by atoms with van der Waals surface area (Å²) in [4.78, 5) is 38.3. The van der Waals surface area contributed by atoms with Gasteiger partial charge in [0.05, 0.1) is 0 Å². The molecule has 132 valence electrons. The molecule has 23 heavy (non-hydrogen) atoms. The maximum Gasteiger partial charge on any atom is 0.407 e. The van der Waals surface area contributed by atoms with Crippen LogP contribution in [0.15, 0.2) is 0 Å². The maximum absolute atomic E-state index is 12.1. The molecular weight excluding hydrogens is 300 g/mol. The lowest BCUT2D eigenvalue weighted by atomic mass is 10.2. The van der Waals surface area contributed by atoms with Crippen molar-refractivity contribution in [2.24, 2.45) is 0 Å². The number of nitrogens with zero attached hydrogens (tertiary/aromatic N) is 2. The van der Waals surface area contributed by atoms with Gasteiger partial charge in [0.25, 0.3) is 0 Å². The number of amides is 4. The third-order valence-electron chi connectivity index (χ3n) is 3.30. The van der Waals surface area contributed by atoms with Crippen LogP contribution in [-0.4, -0.2) is 72.7 Å². The summed E-state index contributed by atoms with van der Waals surface area (Å²) in [6.07, 6.45) is 0.266. The van der Waals surface area contributed by atoms with Crippen LogP contribution in [0.25, 0.3) is 0 Å². The van der Waals surface area contributed by atoms with Crippen LogP contribution >= 0.6 is 0 Å². The van der Waals surface area contributed by atoms with E-state index in [4.69, 9.17) is 4.74 Å². The molecule has 4 amide bonds. The van der Waals surface area contributed by atoms with E-state index in [1.807, 2.05) is 0 Å². The highest BCUT2D eigenvalue weighted by atomic mass is 16.6. The monoisotopic (exact) mass is 328 g/mol. The largest absolute Gasteiger partial charge is 0.444 e. The Morgan fingerprint density at radius 2 is 1.52 bits per heavy atom. The minimum absolute atomic E-state index is 0.0359. The Balaban J connectivity index is 2.24. The Morgan fingerprint density at radius 1 is 0.957 bits per heavy atom. The first-order valence-corrected chi connectivity index (χ1v) is 7.94. The fraction of sp³-hybridized carbons (Fsp3) is 0.800. The smallest absolute Gasteiger partial charge is 0.407 e. The summed E-state index contributed by atoms with van der Waals surface area (Å²) in [6.45, 7) is 9.91. The fourth-order valence-electron chi connectivity index (χ4n) is 2.20. The first-order valence-electron chi connectivity index (χ1n) is 7.94. The number of rotatable bonds is 3. The van der Waals surface area contributed by atoms with E-state index >= 15 is 0 Å². The molecule has 0 atom stereocenters. The number of nitrogens with one attached hydrogen (secondary N) is 2. The fourth-order valence-corrected chi connectivity index (χ4v) is 2.20. The van der Waals surface area contributed by atoms with Gasteiger partial charge in [0.15, 0.2) is 0 Å².